The minimum absolute atomic E-state index is 0.175. The summed E-state index contributed by atoms with van der Waals surface area (Å²) in [4.78, 5) is 21.9. The van der Waals surface area contributed by atoms with E-state index in [1.54, 1.807) is 6.92 Å². The van der Waals surface area contributed by atoms with Gasteiger partial charge in [0, 0.05) is 13.5 Å². The van der Waals surface area contributed by atoms with Gasteiger partial charge in [-0.3, -0.25) is 13.8 Å². The Balaban J connectivity index is 2.27. The standard InChI is InChI=1S/C11H19NO6S/c1-8-6-10(11(14)18-8)7-17-19(15,16)5-3-4-12-9(2)13/h8,10H,3-7H2,1-2H3,(H,12,13). The Morgan fingerprint density at radius 3 is 2.74 bits per heavy atom. The molecule has 1 N–H and O–H groups in total. The molecule has 0 spiro atoms. The van der Waals surface area contributed by atoms with Crippen molar-refractivity contribution in [2.45, 2.75) is 32.8 Å². The van der Waals surface area contributed by atoms with Gasteiger partial charge in [-0.1, -0.05) is 0 Å². The molecular formula is C11H19NO6S. The fourth-order valence-corrected chi connectivity index (χ4v) is 2.72. The van der Waals surface area contributed by atoms with Crippen LogP contribution >= 0.6 is 0 Å². The van der Waals surface area contributed by atoms with Crippen LogP contribution in [-0.2, 0) is 28.6 Å². The molecule has 2 atom stereocenters. The Labute approximate surface area is 112 Å². The van der Waals surface area contributed by atoms with Crippen LogP contribution in [0.5, 0.6) is 0 Å². The second kappa shape index (κ2) is 6.85. The summed E-state index contributed by atoms with van der Waals surface area (Å²) >= 11 is 0. The summed E-state index contributed by atoms with van der Waals surface area (Å²) in [5, 5.41) is 2.50. The molecule has 19 heavy (non-hydrogen) atoms. The highest BCUT2D eigenvalue weighted by Gasteiger charge is 2.33. The van der Waals surface area contributed by atoms with E-state index in [0.717, 1.165) is 0 Å². The smallest absolute Gasteiger partial charge is 0.311 e. The number of hydrogen-bond acceptors (Lipinski definition) is 6. The van der Waals surface area contributed by atoms with E-state index >= 15 is 0 Å². The van der Waals surface area contributed by atoms with Crippen LogP contribution in [0.25, 0.3) is 0 Å². The molecule has 7 nitrogen and oxygen atoms in total. The first-order chi connectivity index (χ1) is 8.80. The van der Waals surface area contributed by atoms with Crippen LogP contribution in [-0.4, -0.2) is 45.3 Å². The van der Waals surface area contributed by atoms with Gasteiger partial charge in [-0.05, 0) is 19.8 Å². The van der Waals surface area contributed by atoms with Gasteiger partial charge in [0.25, 0.3) is 10.1 Å². The monoisotopic (exact) mass is 293 g/mol. The van der Waals surface area contributed by atoms with Crippen molar-refractivity contribution in [2.24, 2.45) is 5.92 Å². The number of rotatable bonds is 7. The molecule has 0 radical (unpaired) electrons. The van der Waals surface area contributed by atoms with Crippen LogP contribution in [0, 0.1) is 5.92 Å². The molecule has 8 heteroatoms. The van der Waals surface area contributed by atoms with Gasteiger partial charge in [-0.25, -0.2) is 0 Å². The Hall–Kier alpha value is -1.15. The summed E-state index contributed by atoms with van der Waals surface area (Å²) in [6.45, 7) is 3.21. The van der Waals surface area contributed by atoms with Crippen molar-refractivity contribution in [3.63, 3.8) is 0 Å². The van der Waals surface area contributed by atoms with E-state index in [1.807, 2.05) is 0 Å². The van der Waals surface area contributed by atoms with E-state index in [9.17, 15) is 18.0 Å². The summed E-state index contributed by atoms with van der Waals surface area (Å²) in [5.74, 6) is -1.33. The zero-order chi connectivity index (χ0) is 14.5. The number of hydrogen-bond donors (Lipinski definition) is 1. The van der Waals surface area contributed by atoms with Crippen LogP contribution in [0.4, 0.5) is 0 Å². The average molecular weight is 293 g/mol. The van der Waals surface area contributed by atoms with Gasteiger partial charge in [0.1, 0.15) is 0 Å². The van der Waals surface area contributed by atoms with Crippen molar-refractivity contribution in [2.75, 3.05) is 18.9 Å². The summed E-state index contributed by atoms with van der Waals surface area (Å²) in [5.41, 5.74) is 0. The number of carbonyl (C=O) groups is 2. The van der Waals surface area contributed by atoms with Crippen molar-refractivity contribution in [1.82, 2.24) is 5.32 Å². The summed E-state index contributed by atoms with van der Waals surface area (Å²) in [6.07, 6.45) is 0.553. The summed E-state index contributed by atoms with van der Waals surface area (Å²) < 4.78 is 32.8. The Kier molecular flexibility index (Phi) is 5.74. The lowest BCUT2D eigenvalue weighted by molar-refractivity contribution is -0.144. The minimum atomic E-state index is -3.67. The van der Waals surface area contributed by atoms with Crippen LogP contribution in [0.3, 0.4) is 0 Å². The predicted molar refractivity (Wildman–Crippen MR) is 66.7 cm³/mol. The largest absolute Gasteiger partial charge is 0.462 e. The molecular weight excluding hydrogens is 274 g/mol. The van der Waals surface area contributed by atoms with E-state index in [1.165, 1.54) is 6.92 Å². The van der Waals surface area contributed by atoms with E-state index in [4.69, 9.17) is 8.92 Å². The fourth-order valence-electron chi connectivity index (χ4n) is 1.73. The van der Waals surface area contributed by atoms with Gasteiger partial charge < -0.3 is 10.1 Å². The van der Waals surface area contributed by atoms with Crippen molar-refractivity contribution < 1.29 is 26.9 Å². The molecule has 0 aliphatic carbocycles. The lowest BCUT2D eigenvalue weighted by Crippen LogP contribution is -2.24. The molecule has 1 aliphatic rings. The van der Waals surface area contributed by atoms with Gasteiger partial charge in [0.15, 0.2) is 0 Å². The summed E-state index contributed by atoms with van der Waals surface area (Å²) in [6, 6.07) is 0. The number of carbonyl (C=O) groups excluding carboxylic acids is 2. The highest BCUT2D eigenvalue weighted by molar-refractivity contribution is 7.86. The molecule has 1 saturated heterocycles. The van der Waals surface area contributed by atoms with Crippen LogP contribution in [0.1, 0.15) is 26.7 Å². The highest BCUT2D eigenvalue weighted by atomic mass is 32.2. The number of cyclic esters (lactones) is 1. The maximum Gasteiger partial charge on any atom is 0.311 e. The lowest BCUT2D eigenvalue weighted by Gasteiger charge is -2.08. The molecule has 1 rings (SSSR count). The predicted octanol–water partition coefficient (Wildman–Crippen LogP) is -0.189. The zero-order valence-corrected chi connectivity index (χ0v) is 11.9. The van der Waals surface area contributed by atoms with Crippen molar-refractivity contribution in [3.8, 4) is 0 Å². The minimum Gasteiger partial charge on any atom is -0.462 e. The maximum absolute atomic E-state index is 11.5. The van der Waals surface area contributed by atoms with Gasteiger partial charge in [-0.15, -0.1) is 0 Å². The topological polar surface area (TPSA) is 98.8 Å². The Bertz CT molecular complexity index is 432. The molecule has 1 heterocycles. The van der Waals surface area contributed by atoms with Gasteiger partial charge in [0.05, 0.1) is 24.4 Å². The van der Waals surface area contributed by atoms with Crippen LogP contribution < -0.4 is 5.32 Å². The fraction of sp³-hybridized carbons (Fsp3) is 0.818. The molecule has 0 bridgehead atoms. The highest BCUT2D eigenvalue weighted by Crippen LogP contribution is 2.21. The number of nitrogens with one attached hydrogen (secondary N) is 1. The second-order valence-electron chi connectivity index (χ2n) is 4.56. The molecule has 110 valence electrons. The first-order valence-electron chi connectivity index (χ1n) is 6.12. The number of ether oxygens (including phenoxy) is 1. The zero-order valence-electron chi connectivity index (χ0n) is 11.0. The van der Waals surface area contributed by atoms with Gasteiger partial charge >= 0.3 is 5.97 Å². The molecule has 0 aromatic heterocycles. The first-order valence-corrected chi connectivity index (χ1v) is 7.70. The maximum atomic E-state index is 11.5. The molecule has 1 amide bonds. The van der Waals surface area contributed by atoms with Gasteiger partial charge in [0.2, 0.25) is 5.91 Å². The quantitative estimate of drug-likeness (QED) is 0.397. The normalized spacial score (nSPS) is 23.2. The first kappa shape index (κ1) is 15.9. The lowest BCUT2D eigenvalue weighted by atomic mass is 10.1. The molecule has 0 aromatic rings. The van der Waals surface area contributed by atoms with Crippen molar-refractivity contribution in [3.05, 3.63) is 0 Å². The SMILES string of the molecule is CC(=O)NCCCS(=O)(=O)OCC1CC(C)OC1=O. The molecule has 0 saturated carbocycles. The third-order valence-corrected chi connectivity index (χ3v) is 3.94. The van der Waals surface area contributed by atoms with Crippen molar-refractivity contribution >= 4 is 22.0 Å². The number of amides is 1. The van der Waals surface area contributed by atoms with E-state index < -0.39 is 22.0 Å². The molecule has 1 fully saturated rings. The summed E-state index contributed by atoms with van der Waals surface area (Å²) in [7, 11) is -3.67. The van der Waals surface area contributed by atoms with E-state index in [0.29, 0.717) is 6.42 Å². The van der Waals surface area contributed by atoms with Crippen LogP contribution in [0.15, 0.2) is 0 Å². The molecule has 2 unspecified atom stereocenters. The molecule has 0 aromatic carbocycles. The Morgan fingerprint density at radius 2 is 2.21 bits per heavy atom. The van der Waals surface area contributed by atoms with E-state index in [2.05, 4.69) is 5.32 Å². The third kappa shape index (κ3) is 6.02. The Morgan fingerprint density at radius 1 is 1.53 bits per heavy atom. The second-order valence-corrected chi connectivity index (χ2v) is 6.32. The third-order valence-electron chi connectivity index (χ3n) is 2.66. The van der Waals surface area contributed by atoms with Gasteiger partial charge in [-0.2, -0.15) is 8.42 Å². The number of esters is 1. The average Bonchev–Trinajstić information content (AvgIpc) is 2.61. The molecule has 1 aliphatic heterocycles. The van der Waals surface area contributed by atoms with Crippen molar-refractivity contribution in [1.29, 1.82) is 0 Å². The van der Waals surface area contributed by atoms with Crippen LogP contribution in [0.2, 0.25) is 0 Å². The van der Waals surface area contributed by atoms with E-state index in [-0.39, 0.29) is 37.3 Å².